The van der Waals surface area contributed by atoms with Crippen molar-refractivity contribution in [3.63, 3.8) is 0 Å². The zero-order valence-electron chi connectivity index (χ0n) is 23.8. The quantitative estimate of drug-likeness (QED) is 0.248. The van der Waals surface area contributed by atoms with Crippen molar-refractivity contribution in [1.29, 1.82) is 5.26 Å². The summed E-state index contributed by atoms with van der Waals surface area (Å²) < 4.78 is 33.7. The number of carbonyl (C=O) groups is 1. The molecule has 11 nitrogen and oxygen atoms in total. The lowest BCUT2D eigenvalue weighted by Crippen LogP contribution is -2.29. The maximum absolute atomic E-state index is 13.6. The number of benzene rings is 1. The SMILES string of the molecule is Cc1cc(-c2cc(Cl)ccc2OCCn2c(C)nc3cnc(C4CC4)c(C#N)c3c2=O)c2scc(C(=O)NS(C)(=O)=O)c2n1. The first-order valence-electron chi connectivity index (χ1n) is 13.6. The summed E-state index contributed by atoms with van der Waals surface area (Å²) in [7, 11) is -3.77. The second-order valence-electron chi connectivity index (χ2n) is 10.6. The second kappa shape index (κ2) is 11.3. The number of carbonyl (C=O) groups excluding carboxylic acids is 1. The smallest absolute Gasteiger partial charge is 0.267 e. The van der Waals surface area contributed by atoms with Crippen LogP contribution in [0, 0.1) is 25.2 Å². The maximum atomic E-state index is 13.6. The van der Waals surface area contributed by atoms with E-state index in [0.717, 1.165) is 19.1 Å². The summed E-state index contributed by atoms with van der Waals surface area (Å²) in [4.78, 5) is 39.8. The van der Waals surface area contributed by atoms with Crippen LogP contribution in [0.4, 0.5) is 0 Å². The number of hydrogen-bond donors (Lipinski definition) is 1. The molecule has 0 unspecified atom stereocenters. The summed E-state index contributed by atoms with van der Waals surface area (Å²) in [5.74, 6) is 0.382. The van der Waals surface area contributed by atoms with Crippen LogP contribution in [-0.4, -0.2) is 46.7 Å². The van der Waals surface area contributed by atoms with Crippen LogP contribution in [-0.2, 0) is 16.6 Å². The number of halogens is 1. The van der Waals surface area contributed by atoms with E-state index in [-0.39, 0.29) is 41.1 Å². The normalized spacial score (nSPS) is 13.2. The number of aromatic nitrogens is 4. The van der Waals surface area contributed by atoms with E-state index in [2.05, 4.69) is 21.0 Å². The van der Waals surface area contributed by atoms with E-state index in [0.29, 0.717) is 54.8 Å². The molecule has 4 heterocycles. The highest BCUT2D eigenvalue weighted by Gasteiger charge is 2.30. The fraction of sp³-hybridized carbons (Fsp3) is 0.267. The van der Waals surface area contributed by atoms with Crippen molar-refractivity contribution in [2.24, 2.45) is 0 Å². The Morgan fingerprint density at radius 1 is 1.23 bits per heavy atom. The summed E-state index contributed by atoms with van der Waals surface area (Å²) in [6.07, 6.45) is 4.37. The third-order valence-corrected chi connectivity index (χ3v) is 9.07. The molecule has 1 saturated carbocycles. The van der Waals surface area contributed by atoms with Crippen molar-refractivity contribution < 1.29 is 17.9 Å². The topological polar surface area (TPSA) is 157 Å². The predicted octanol–water partition coefficient (Wildman–Crippen LogP) is 4.86. The van der Waals surface area contributed by atoms with Gasteiger partial charge in [-0.05, 0) is 51.0 Å². The average molecular weight is 649 g/mol. The summed E-state index contributed by atoms with van der Waals surface area (Å²) in [6.45, 7) is 3.76. The molecule has 6 rings (SSSR count). The number of sulfonamides is 1. The van der Waals surface area contributed by atoms with E-state index in [1.165, 1.54) is 15.9 Å². The summed E-state index contributed by atoms with van der Waals surface area (Å²) in [5, 5.41) is 12.2. The first-order chi connectivity index (χ1) is 20.9. The molecule has 0 aliphatic heterocycles. The molecule has 1 aliphatic carbocycles. The van der Waals surface area contributed by atoms with Crippen molar-refractivity contribution in [1.82, 2.24) is 24.2 Å². The van der Waals surface area contributed by atoms with Crippen LogP contribution < -0.4 is 15.0 Å². The first kappa shape index (κ1) is 29.7. The van der Waals surface area contributed by atoms with Gasteiger partial charge in [0.05, 0.1) is 56.9 Å². The number of hydrogen-bond acceptors (Lipinski definition) is 10. The zero-order chi connectivity index (χ0) is 31.3. The van der Waals surface area contributed by atoms with Gasteiger partial charge in [-0.3, -0.25) is 24.1 Å². The third kappa shape index (κ3) is 5.63. The molecular formula is C30H25ClN6O5S2. The van der Waals surface area contributed by atoms with E-state index in [1.54, 1.807) is 43.6 Å². The van der Waals surface area contributed by atoms with Gasteiger partial charge in [-0.15, -0.1) is 11.3 Å². The Hall–Kier alpha value is -4.38. The van der Waals surface area contributed by atoms with Gasteiger partial charge in [-0.2, -0.15) is 5.26 Å². The van der Waals surface area contributed by atoms with Gasteiger partial charge in [0, 0.05) is 33.1 Å². The van der Waals surface area contributed by atoms with Crippen LogP contribution >= 0.6 is 22.9 Å². The molecule has 224 valence electrons. The molecule has 14 heteroatoms. The summed E-state index contributed by atoms with van der Waals surface area (Å²) in [5.41, 5.74) is 3.45. The van der Waals surface area contributed by atoms with Crippen molar-refractivity contribution in [3.05, 3.63) is 79.6 Å². The van der Waals surface area contributed by atoms with Gasteiger partial charge in [0.25, 0.3) is 11.5 Å². The molecule has 0 saturated heterocycles. The van der Waals surface area contributed by atoms with Crippen LogP contribution in [0.3, 0.4) is 0 Å². The minimum atomic E-state index is -3.77. The van der Waals surface area contributed by atoms with Gasteiger partial charge >= 0.3 is 0 Å². The molecule has 1 aromatic carbocycles. The third-order valence-electron chi connectivity index (χ3n) is 7.27. The molecule has 0 spiro atoms. The van der Waals surface area contributed by atoms with Gasteiger partial charge < -0.3 is 4.74 Å². The monoisotopic (exact) mass is 648 g/mol. The van der Waals surface area contributed by atoms with Gasteiger partial charge in [0.1, 0.15) is 24.3 Å². The lowest BCUT2D eigenvalue weighted by Gasteiger charge is -2.16. The van der Waals surface area contributed by atoms with Crippen LogP contribution in [0.25, 0.3) is 32.2 Å². The Kier molecular flexibility index (Phi) is 7.61. The molecule has 1 amide bonds. The number of rotatable bonds is 8. The van der Waals surface area contributed by atoms with E-state index < -0.39 is 15.9 Å². The van der Waals surface area contributed by atoms with Crippen molar-refractivity contribution >= 4 is 60.0 Å². The van der Waals surface area contributed by atoms with Gasteiger partial charge in [-0.25, -0.2) is 18.1 Å². The second-order valence-corrected chi connectivity index (χ2v) is 13.7. The van der Waals surface area contributed by atoms with Gasteiger partial charge in [0.2, 0.25) is 10.0 Å². The van der Waals surface area contributed by atoms with Crippen LogP contribution in [0.15, 0.2) is 40.6 Å². The lowest BCUT2D eigenvalue weighted by atomic mass is 10.0. The molecule has 0 bridgehead atoms. The standard InChI is InChI=1S/C30H25ClN6O5S2/c1-15-10-20(28-27(34-15)22(14-43-28)29(38)36-44(3,40)41)19-11-18(31)6-7-24(19)42-9-8-37-16(2)35-23-13-33-26(17-4-5-17)21(12-32)25(23)30(37)39/h6-7,10-11,13-14,17H,4-5,8-9H2,1-3H3,(H,36,38). The molecule has 1 N–H and O–H groups in total. The number of nitriles is 1. The number of amides is 1. The molecule has 5 aromatic rings. The predicted molar refractivity (Wildman–Crippen MR) is 168 cm³/mol. The highest BCUT2D eigenvalue weighted by atomic mass is 35.5. The zero-order valence-corrected chi connectivity index (χ0v) is 26.2. The number of ether oxygens (including phenoxy) is 1. The number of nitrogens with zero attached hydrogens (tertiary/aromatic N) is 5. The van der Waals surface area contributed by atoms with Crippen molar-refractivity contribution in [2.75, 3.05) is 12.9 Å². The van der Waals surface area contributed by atoms with Crippen molar-refractivity contribution in [2.45, 2.75) is 39.2 Å². The molecule has 0 radical (unpaired) electrons. The Labute approximate surface area is 261 Å². The number of pyridine rings is 2. The number of aryl methyl sites for hydroxylation is 2. The van der Waals surface area contributed by atoms with Crippen LogP contribution in [0.1, 0.15) is 51.9 Å². The number of thiophene rings is 1. The Balaban J connectivity index is 1.34. The number of fused-ring (bicyclic) bond motifs is 2. The highest BCUT2D eigenvalue weighted by molar-refractivity contribution is 7.89. The molecule has 0 atom stereocenters. The minimum Gasteiger partial charge on any atom is -0.491 e. The molecule has 4 aromatic heterocycles. The van der Waals surface area contributed by atoms with Crippen LogP contribution in [0.5, 0.6) is 5.75 Å². The fourth-order valence-corrected chi connectivity index (χ4v) is 6.82. The van der Waals surface area contributed by atoms with Gasteiger partial charge in [-0.1, -0.05) is 11.6 Å². The Morgan fingerprint density at radius 2 is 2.00 bits per heavy atom. The van der Waals surface area contributed by atoms with Crippen LogP contribution in [0.2, 0.25) is 5.02 Å². The largest absolute Gasteiger partial charge is 0.491 e. The Morgan fingerprint density at radius 3 is 2.70 bits per heavy atom. The number of nitrogens with one attached hydrogen (secondary N) is 1. The highest BCUT2D eigenvalue weighted by Crippen LogP contribution is 2.42. The molecular weight excluding hydrogens is 624 g/mol. The minimum absolute atomic E-state index is 0.102. The first-order valence-corrected chi connectivity index (χ1v) is 16.7. The molecule has 1 fully saturated rings. The van der Waals surface area contributed by atoms with E-state index >= 15 is 0 Å². The van der Waals surface area contributed by atoms with E-state index in [1.807, 2.05) is 10.8 Å². The average Bonchev–Trinajstić information content (AvgIpc) is 3.71. The van der Waals surface area contributed by atoms with Crippen molar-refractivity contribution in [3.8, 4) is 22.9 Å². The van der Waals surface area contributed by atoms with Gasteiger partial charge in [0.15, 0.2) is 0 Å². The maximum Gasteiger partial charge on any atom is 0.267 e. The summed E-state index contributed by atoms with van der Waals surface area (Å²) in [6, 6.07) is 9.17. The van der Waals surface area contributed by atoms with E-state index in [4.69, 9.17) is 16.3 Å². The summed E-state index contributed by atoms with van der Waals surface area (Å²) >= 11 is 7.64. The Bertz CT molecular complexity index is 2220. The molecule has 1 aliphatic rings. The van der Waals surface area contributed by atoms with E-state index in [9.17, 15) is 23.3 Å². The molecule has 44 heavy (non-hydrogen) atoms. The lowest BCUT2D eigenvalue weighted by molar-refractivity contribution is 0.0983. The fourth-order valence-electron chi connectivity index (χ4n) is 5.18.